The van der Waals surface area contributed by atoms with Gasteiger partial charge in [0.1, 0.15) is 0 Å². The molecule has 0 aromatic heterocycles. The summed E-state index contributed by atoms with van der Waals surface area (Å²) in [5, 5.41) is 0. The lowest BCUT2D eigenvalue weighted by molar-refractivity contribution is -0.124. The Balaban J connectivity index is 2.27. The van der Waals surface area contributed by atoms with Gasteiger partial charge in [-0.05, 0) is 32.6 Å². The van der Waals surface area contributed by atoms with Crippen LogP contribution in [0.4, 0.5) is 0 Å². The van der Waals surface area contributed by atoms with Crippen LogP contribution in [-0.2, 0) is 9.53 Å². The maximum absolute atomic E-state index is 11.8. The summed E-state index contributed by atoms with van der Waals surface area (Å²) in [7, 11) is 0. The monoisotopic (exact) mass is 213 g/mol. The molecule has 1 heterocycles. The fourth-order valence-corrected chi connectivity index (χ4v) is 2.11. The molecule has 3 nitrogen and oxygen atoms in total. The van der Waals surface area contributed by atoms with Gasteiger partial charge >= 0.3 is 0 Å². The Morgan fingerprint density at radius 3 is 2.87 bits per heavy atom. The SMILES string of the molecule is CCCC(C)(N)C(=O)CCC1CCCO1. The van der Waals surface area contributed by atoms with Crippen molar-refractivity contribution in [2.75, 3.05) is 6.61 Å². The van der Waals surface area contributed by atoms with Crippen molar-refractivity contribution >= 4 is 5.78 Å². The zero-order chi connectivity index (χ0) is 11.3. The second kappa shape index (κ2) is 5.61. The molecule has 1 rings (SSSR count). The van der Waals surface area contributed by atoms with Crippen molar-refractivity contribution in [1.29, 1.82) is 0 Å². The predicted molar refractivity (Wildman–Crippen MR) is 60.7 cm³/mol. The van der Waals surface area contributed by atoms with Crippen LogP contribution < -0.4 is 5.73 Å². The molecule has 1 saturated heterocycles. The van der Waals surface area contributed by atoms with Gasteiger partial charge in [0.2, 0.25) is 0 Å². The number of ether oxygens (including phenoxy) is 1. The molecule has 0 aromatic rings. The first-order valence-electron chi connectivity index (χ1n) is 6.00. The van der Waals surface area contributed by atoms with Crippen molar-refractivity contribution in [1.82, 2.24) is 0 Å². The molecule has 0 aromatic carbocycles. The Labute approximate surface area is 92.4 Å². The quantitative estimate of drug-likeness (QED) is 0.734. The van der Waals surface area contributed by atoms with Crippen LogP contribution in [0.2, 0.25) is 0 Å². The maximum Gasteiger partial charge on any atom is 0.152 e. The van der Waals surface area contributed by atoms with E-state index in [9.17, 15) is 4.79 Å². The largest absolute Gasteiger partial charge is 0.378 e. The summed E-state index contributed by atoms with van der Waals surface area (Å²) in [6, 6.07) is 0. The summed E-state index contributed by atoms with van der Waals surface area (Å²) >= 11 is 0. The van der Waals surface area contributed by atoms with Crippen molar-refractivity contribution in [3.05, 3.63) is 0 Å². The third-order valence-corrected chi connectivity index (χ3v) is 3.12. The Morgan fingerprint density at radius 1 is 1.60 bits per heavy atom. The zero-order valence-electron chi connectivity index (χ0n) is 9.92. The number of Topliss-reactive ketones (excluding diaryl/α,β-unsaturated/α-hetero) is 1. The van der Waals surface area contributed by atoms with Gasteiger partial charge in [-0.1, -0.05) is 13.3 Å². The summed E-state index contributed by atoms with van der Waals surface area (Å²) in [5.41, 5.74) is 5.33. The fourth-order valence-electron chi connectivity index (χ4n) is 2.11. The van der Waals surface area contributed by atoms with Crippen LogP contribution in [0.3, 0.4) is 0 Å². The molecule has 3 heteroatoms. The maximum atomic E-state index is 11.8. The van der Waals surface area contributed by atoms with Gasteiger partial charge in [0, 0.05) is 13.0 Å². The molecule has 1 aliphatic heterocycles. The smallest absolute Gasteiger partial charge is 0.152 e. The highest BCUT2D eigenvalue weighted by atomic mass is 16.5. The second-order valence-electron chi connectivity index (χ2n) is 4.76. The van der Waals surface area contributed by atoms with Crippen LogP contribution in [0.25, 0.3) is 0 Å². The lowest BCUT2D eigenvalue weighted by atomic mass is 9.89. The molecule has 88 valence electrons. The van der Waals surface area contributed by atoms with Gasteiger partial charge in [-0.2, -0.15) is 0 Å². The van der Waals surface area contributed by atoms with Gasteiger partial charge < -0.3 is 10.5 Å². The normalized spacial score (nSPS) is 25.1. The summed E-state index contributed by atoms with van der Waals surface area (Å²) < 4.78 is 5.48. The number of hydrogen-bond acceptors (Lipinski definition) is 3. The van der Waals surface area contributed by atoms with Crippen LogP contribution in [0.5, 0.6) is 0 Å². The van der Waals surface area contributed by atoms with Gasteiger partial charge in [-0.15, -0.1) is 0 Å². The first-order chi connectivity index (χ1) is 7.06. The van der Waals surface area contributed by atoms with Crippen LogP contribution in [0, 0.1) is 0 Å². The average molecular weight is 213 g/mol. The van der Waals surface area contributed by atoms with E-state index in [2.05, 4.69) is 6.92 Å². The molecular formula is C12H23NO2. The first-order valence-corrected chi connectivity index (χ1v) is 6.00. The summed E-state index contributed by atoms with van der Waals surface area (Å²) in [4.78, 5) is 11.8. The van der Waals surface area contributed by atoms with Gasteiger partial charge in [0.05, 0.1) is 11.6 Å². The van der Waals surface area contributed by atoms with E-state index < -0.39 is 5.54 Å². The van der Waals surface area contributed by atoms with Crippen molar-refractivity contribution < 1.29 is 9.53 Å². The van der Waals surface area contributed by atoms with E-state index in [0.29, 0.717) is 12.5 Å². The third-order valence-electron chi connectivity index (χ3n) is 3.12. The number of hydrogen-bond donors (Lipinski definition) is 1. The molecule has 15 heavy (non-hydrogen) atoms. The number of nitrogens with two attached hydrogens (primary N) is 1. The van der Waals surface area contributed by atoms with Crippen LogP contribution >= 0.6 is 0 Å². The van der Waals surface area contributed by atoms with E-state index >= 15 is 0 Å². The number of rotatable bonds is 6. The molecule has 0 saturated carbocycles. The molecule has 0 radical (unpaired) electrons. The van der Waals surface area contributed by atoms with E-state index in [1.165, 1.54) is 0 Å². The third kappa shape index (κ3) is 3.92. The Bertz CT molecular complexity index is 208. The molecule has 1 aliphatic rings. The molecule has 2 N–H and O–H groups in total. The van der Waals surface area contributed by atoms with Gasteiger partial charge in [-0.3, -0.25) is 4.79 Å². The minimum absolute atomic E-state index is 0.180. The summed E-state index contributed by atoms with van der Waals surface area (Å²) in [6.07, 6.45) is 5.67. The molecule has 2 unspecified atom stereocenters. The Morgan fingerprint density at radius 2 is 2.33 bits per heavy atom. The number of carbonyl (C=O) groups excluding carboxylic acids is 1. The van der Waals surface area contributed by atoms with Crippen LogP contribution in [0.1, 0.15) is 52.4 Å². The van der Waals surface area contributed by atoms with E-state index in [0.717, 1.165) is 38.7 Å². The number of carbonyl (C=O) groups is 1. The molecule has 0 amide bonds. The molecule has 0 spiro atoms. The molecule has 2 atom stereocenters. The highest BCUT2D eigenvalue weighted by molar-refractivity contribution is 5.87. The first kappa shape index (κ1) is 12.7. The predicted octanol–water partition coefficient (Wildman–Crippen LogP) is 2.03. The molecule has 0 bridgehead atoms. The lowest BCUT2D eigenvalue weighted by Gasteiger charge is -2.22. The van der Waals surface area contributed by atoms with E-state index in [-0.39, 0.29) is 5.78 Å². The second-order valence-corrected chi connectivity index (χ2v) is 4.76. The minimum atomic E-state index is -0.632. The fraction of sp³-hybridized carbons (Fsp3) is 0.917. The number of ketones is 1. The lowest BCUT2D eigenvalue weighted by Crippen LogP contribution is -2.44. The highest BCUT2D eigenvalue weighted by Gasteiger charge is 2.27. The topological polar surface area (TPSA) is 52.3 Å². The van der Waals surface area contributed by atoms with E-state index in [1.54, 1.807) is 0 Å². The average Bonchev–Trinajstić information content (AvgIpc) is 2.66. The van der Waals surface area contributed by atoms with Gasteiger partial charge in [0.25, 0.3) is 0 Å². The van der Waals surface area contributed by atoms with E-state index in [1.807, 2.05) is 6.92 Å². The summed E-state index contributed by atoms with van der Waals surface area (Å²) in [6.45, 7) is 4.75. The van der Waals surface area contributed by atoms with E-state index in [4.69, 9.17) is 10.5 Å². The summed E-state index contributed by atoms with van der Waals surface area (Å²) in [5.74, 6) is 0.180. The van der Waals surface area contributed by atoms with Crippen LogP contribution in [0.15, 0.2) is 0 Å². The Hall–Kier alpha value is -0.410. The van der Waals surface area contributed by atoms with Crippen molar-refractivity contribution in [3.63, 3.8) is 0 Å². The van der Waals surface area contributed by atoms with Crippen molar-refractivity contribution in [2.45, 2.75) is 64.0 Å². The van der Waals surface area contributed by atoms with Crippen LogP contribution in [-0.4, -0.2) is 24.0 Å². The standard InChI is InChI=1S/C12H23NO2/c1-3-8-12(2,13)11(14)7-6-10-5-4-9-15-10/h10H,3-9,13H2,1-2H3. The van der Waals surface area contributed by atoms with Crippen molar-refractivity contribution in [2.24, 2.45) is 5.73 Å². The van der Waals surface area contributed by atoms with Gasteiger partial charge in [0.15, 0.2) is 5.78 Å². The molecule has 0 aliphatic carbocycles. The molecular weight excluding hydrogens is 190 g/mol. The Kier molecular flexibility index (Phi) is 4.74. The minimum Gasteiger partial charge on any atom is -0.378 e. The van der Waals surface area contributed by atoms with Crippen molar-refractivity contribution in [3.8, 4) is 0 Å². The zero-order valence-corrected chi connectivity index (χ0v) is 9.92. The van der Waals surface area contributed by atoms with Gasteiger partial charge in [-0.25, -0.2) is 0 Å². The highest BCUT2D eigenvalue weighted by Crippen LogP contribution is 2.20. The molecule has 1 fully saturated rings.